The Kier molecular flexibility index (Phi) is 4.07. The van der Waals surface area contributed by atoms with Crippen molar-refractivity contribution in [2.24, 2.45) is 17.8 Å². The van der Waals surface area contributed by atoms with Crippen molar-refractivity contribution >= 4 is 11.8 Å². The minimum absolute atomic E-state index is 0.0363. The Morgan fingerprint density at radius 3 is 2.86 bits per heavy atom. The first-order valence-electron chi connectivity index (χ1n) is 9.93. The van der Waals surface area contributed by atoms with E-state index in [4.69, 9.17) is 4.74 Å². The molecule has 2 amide bonds. The lowest BCUT2D eigenvalue weighted by Crippen LogP contribution is -2.66. The van der Waals surface area contributed by atoms with Gasteiger partial charge in [0.1, 0.15) is 5.75 Å². The van der Waals surface area contributed by atoms with Crippen LogP contribution in [0.25, 0.3) is 0 Å². The molecule has 2 heterocycles. The molecule has 3 fully saturated rings. The molecule has 3 saturated carbocycles. The van der Waals surface area contributed by atoms with Crippen LogP contribution >= 0.6 is 0 Å². The standard InChI is InChI=1S/C22H23N3O3/c26-20(24-13-16-5-3-4-10-23-16)18-11-15-9-8-14(18)12-22(15)25-21(27)17-6-1-2-7-19(17)28-22/h1-7,10,14-15,18H,8-9,11-13H2,(H,24,26)(H,25,27)/t14-,15+,18-,22-/m0/s1. The van der Waals surface area contributed by atoms with Crippen molar-refractivity contribution in [3.05, 3.63) is 59.9 Å². The molecule has 1 spiro atoms. The van der Waals surface area contributed by atoms with Crippen molar-refractivity contribution in [3.63, 3.8) is 0 Å². The molecule has 4 aliphatic rings. The maximum atomic E-state index is 12.8. The van der Waals surface area contributed by atoms with Crippen molar-refractivity contribution in [2.45, 2.75) is 38.0 Å². The first-order chi connectivity index (χ1) is 13.6. The molecular formula is C22H23N3O3. The third-order valence-electron chi connectivity index (χ3n) is 6.47. The Balaban J connectivity index is 1.30. The minimum atomic E-state index is -0.674. The van der Waals surface area contributed by atoms with E-state index in [0.717, 1.165) is 25.0 Å². The molecule has 6 rings (SSSR count). The Morgan fingerprint density at radius 1 is 1.21 bits per heavy atom. The van der Waals surface area contributed by atoms with Gasteiger partial charge in [-0.25, -0.2) is 0 Å². The molecule has 4 atom stereocenters. The number of amides is 2. The highest BCUT2D eigenvalue weighted by Gasteiger charge is 2.57. The number of nitrogens with zero attached hydrogens (tertiary/aromatic N) is 1. The van der Waals surface area contributed by atoms with Gasteiger partial charge in [0.2, 0.25) is 5.91 Å². The van der Waals surface area contributed by atoms with Crippen LogP contribution in [0.4, 0.5) is 0 Å². The van der Waals surface area contributed by atoms with E-state index >= 15 is 0 Å². The Labute approximate surface area is 163 Å². The highest BCUT2D eigenvalue weighted by atomic mass is 16.5. The lowest BCUT2D eigenvalue weighted by Gasteiger charge is -2.55. The number of hydrogen-bond acceptors (Lipinski definition) is 4. The van der Waals surface area contributed by atoms with Crippen molar-refractivity contribution < 1.29 is 14.3 Å². The zero-order valence-corrected chi connectivity index (χ0v) is 15.6. The lowest BCUT2D eigenvalue weighted by molar-refractivity contribution is -0.146. The van der Waals surface area contributed by atoms with Gasteiger partial charge in [0.05, 0.1) is 17.8 Å². The fraction of sp³-hybridized carbons (Fsp3) is 0.409. The molecule has 0 radical (unpaired) electrons. The monoisotopic (exact) mass is 377 g/mol. The fourth-order valence-corrected chi connectivity index (χ4v) is 5.09. The van der Waals surface area contributed by atoms with E-state index in [9.17, 15) is 9.59 Å². The highest BCUT2D eigenvalue weighted by molar-refractivity contribution is 5.98. The van der Waals surface area contributed by atoms with Gasteiger partial charge in [0.15, 0.2) is 5.72 Å². The summed E-state index contributed by atoms with van der Waals surface area (Å²) >= 11 is 0. The zero-order valence-electron chi connectivity index (χ0n) is 15.6. The Bertz CT molecular complexity index is 916. The number of rotatable bonds is 3. The molecule has 0 saturated heterocycles. The number of nitrogens with one attached hydrogen (secondary N) is 2. The molecule has 3 aliphatic carbocycles. The number of para-hydroxylation sites is 1. The van der Waals surface area contributed by atoms with E-state index < -0.39 is 5.72 Å². The van der Waals surface area contributed by atoms with Crippen LogP contribution in [-0.2, 0) is 11.3 Å². The van der Waals surface area contributed by atoms with Crippen LogP contribution < -0.4 is 15.4 Å². The summed E-state index contributed by atoms with van der Waals surface area (Å²) in [5.41, 5.74) is 0.763. The lowest BCUT2D eigenvalue weighted by atomic mass is 9.60. The van der Waals surface area contributed by atoms with Gasteiger partial charge in [-0.2, -0.15) is 0 Å². The molecule has 1 aromatic carbocycles. The van der Waals surface area contributed by atoms with Gasteiger partial charge in [-0.1, -0.05) is 18.2 Å². The van der Waals surface area contributed by atoms with Gasteiger partial charge in [-0.15, -0.1) is 0 Å². The summed E-state index contributed by atoms with van der Waals surface area (Å²) in [6.07, 6.45) is 5.11. The molecule has 2 N–H and O–H groups in total. The van der Waals surface area contributed by atoms with Crippen LogP contribution in [0.2, 0.25) is 0 Å². The molecule has 6 heteroatoms. The molecule has 1 aromatic heterocycles. The van der Waals surface area contributed by atoms with Gasteiger partial charge < -0.3 is 15.4 Å². The van der Waals surface area contributed by atoms with E-state index in [1.807, 2.05) is 36.4 Å². The maximum absolute atomic E-state index is 12.8. The normalized spacial score (nSPS) is 30.3. The average molecular weight is 377 g/mol. The van der Waals surface area contributed by atoms with Crippen LogP contribution in [0.5, 0.6) is 5.75 Å². The van der Waals surface area contributed by atoms with Crippen molar-refractivity contribution in [1.29, 1.82) is 0 Å². The summed E-state index contributed by atoms with van der Waals surface area (Å²) in [7, 11) is 0. The van der Waals surface area contributed by atoms with Gasteiger partial charge in [0.25, 0.3) is 5.91 Å². The summed E-state index contributed by atoms with van der Waals surface area (Å²) in [4.78, 5) is 29.7. The molecule has 2 aromatic rings. The summed E-state index contributed by atoms with van der Waals surface area (Å²) in [6, 6.07) is 13.1. The van der Waals surface area contributed by atoms with Crippen molar-refractivity contribution in [2.75, 3.05) is 0 Å². The number of carbonyl (C=O) groups excluding carboxylic acids is 2. The molecule has 2 bridgehead atoms. The number of pyridine rings is 1. The minimum Gasteiger partial charge on any atom is -0.467 e. The molecule has 28 heavy (non-hydrogen) atoms. The second kappa shape index (κ2) is 6.62. The largest absolute Gasteiger partial charge is 0.467 e. The Hall–Kier alpha value is -2.89. The number of ether oxygens (including phenoxy) is 1. The van der Waals surface area contributed by atoms with Gasteiger partial charge >= 0.3 is 0 Å². The average Bonchev–Trinajstić information content (AvgIpc) is 2.73. The second-order valence-electron chi connectivity index (χ2n) is 8.06. The zero-order chi connectivity index (χ0) is 19.1. The number of benzene rings is 1. The second-order valence-corrected chi connectivity index (χ2v) is 8.06. The van der Waals surface area contributed by atoms with Crippen LogP contribution in [0.1, 0.15) is 41.7 Å². The third-order valence-corrected chi connectivity index (χ3v) is 6.47. The van der Waals surface area contributed by atoms with E-state index in [0.29, 0.717) is 24.3 Å². The van der Waals surface area contributed by atoms with E-state index in [2.05, 4.69) is 15.6 Å². The van der Waals surface area contributed by atoms with Crippen LogP contribution in [-0.4, -0.2) is 22.5 Å². The smallest absolute Gasteiger partial charge is 0.258 e. The van der Waals surface area contributed by atoms with Crippen molar-refractivity contribution in [3.8, 4) is 5.75 Å². The van der Waals surface area contributed by atoms with E-state index in [1.54, 1.807) is 12.3 Å². The molecule has 144 valence electrons. The van der Waals surface area contributed by atoms with E-state index in [-0.39, 0.29) is 29.6 Å². The quantitative estimate of drug-likeness (QED) is 0.862. The first kappa shape index (κ1) is 17.2. The summed E-state index contributed by atoms with van der Waals surface area (Å²) < 4.78 is 6.35. The molecule has 1 aliphatic heterocycles. The summed E-state index contributed by atoms with van der Waals surface area (Å²) in [5, 5.41) is 6.17. The third kappa shape index (κ3) is 2.84. The summed E-state index contributed by atoms with van der Waals surface area (Å²) in [5.74, 6) is 0.962. The molecular weight excluding hydrogens is 354 g/mol. The topological polar surface area (TPSA) is 80.3 Å². The fourth-order valence-electron chi connectivity index (χ4n) is 5.09. The number of fused-ring (bicyclic) bond motifs is 3. The predicted octanol–water partition coefficient (Wildman–Crippen LogP) is 2.65. The van der Waals surface area contributed by atoms with Gasteiger partial charge in [-0.3, -0.25) is 14.6 Å². The number of hydrogen-bond donors (Lipinski definition) is 2. The SMILES string of the molecule is O=C1N[C@@]2(C[C@@H]3CC[C@@H]2C[C@@H]3C(=O)NCc2ccccn2)Oc2ccccc21. The highest BCUT2D eigenvalue weighted by Crippen LogP contribution is 2.52. The van der Waals surface area contributed by atoms with Crippen LogP contribution in [0.3, 0.4) is 0 Å². The summed E-state index contributed by atoms with van der Waals surface area (Å²) in [6.45, 7) is 0.444. The van der Waals surface area contributed by atoms with E-state index in [1.165, 1.54) is 0 Å². The predicted molar refractivity (Wildman–Crippen MR) is 102 cm³/mol. The van der Waals surface area contributed by atoms with Gasteiger partial charge in [0, 0.05) is 24.5 Å². The molecule has 0 unspecified atom stereocenters. The van der Waals surface area contributed by atoms with Gasteiger partial charge in [-0.05, 0) is 49.4 Å². The number of carbonyl (C=O) groups is 2. The first-order valence-corrected chi connectivity index (χ1v) is 9.93. The van der Waals surface area contributed by atoms with Crippen molar-refractivity contribution in [1.82, 2.24) is 15.6 Å². The Morgan fingerprint density at radius 2 is 2.07 bits per heavy atom. The van der Waals surface area contributed by atoms with Crippen LogP contribution in [0.15, 0.2) is 48.7 Å². The molecule has 6 nitrogen and oxygen atoms in total. The number of aromatic nitrogens is 1. The van der Waals surface area contributed by atoms with Crippen LogP contribution in [0, 0.1) is 17.8 Å². The maximum Gasteiger partial charge on any atom is 0.258 e.